The third-order valence-corrected chi connectivity index (χ3v) is 2.82. The fourth-order valence-corrected chi connectivity index (χ4v) is 1.92. The number of hydrogen-bond acceptors (Lipinski definition) is 2. The maximum Gasteiger partial charge on any atom is 0.195 e. The molecule has 0 unspecified atom stereocenters. The van der Waals surface area contributed by atoms with Gasteiger partial charge in [-0.2, -0.15) is 0 Å². The Hall–Kier alpha value is -1.70. The molecule has 0 aliphatic rings. The molecule has 0 heterocycles. The van der Waals surface area contributed by atoms with Gasteiger partial charge in [0.05, 0.1) is 0 Å². The molecule has 1 aromatic carbocycles. The summed E-state index contributed by atoms with van der Waals surface area (Å²) in [5.74, 6) is 1.82. The predicted octanol–water partition coefficient (Wildman–Crippen LogP) is 5.00. The van der Waals surface area contributed by atoms with E-state index in [-0.39, 0.29) is 0 Å². The first-order chi connectivity index (χ1) is 9.67. The molecule has 20 heavy (non-hydrogen) atoms. The summed E-state index contributed by atoms with van der Waals surface area (Å²) in [6.07, 6.45) is 6.42. The Balaban J connectivity index is 2.94. The van der Waals surface area contributed by atoms with Gasteiger partial charge in [-0.25, -0.2) is 0 Å². The highest BCUT2D eigenvalue weighted by atomic mass is 16.5. The van der Waals surface area contributed by atoms with Gasteiger partial charge < -0.3 is 9.64 Å². The van der Waals surface area contributed by atoms with Crippen LogP contribution >= 0.6 is 0 Å². The quantitative estimate of drug-likeness (QED) is 0.488. The zero-order valence-electron chi connectivity index (χ0n) is 13.2. The van der Waals surface area contributed by atoms with Crippen molar-refractivity contribution in [1.82, 2.24) is 4.90 Å². The molecule has 0 aliphatic carbocycles. The molecule has 0 bridgehead atoms. The molecule has 0 N–H and O–H groups in total. The SMILES string of the molecule is CCCN(CCC)/C(=C/C=C(C)C)Oc1ccccc1. The Labute approximate surface area is 123 Å². The Morgan fingerprint density at radius 3 is 2.10 bits per heavy atom. The van der Waals surface area contributed by atoms with Gasteiger partial charge in [-0.15, -0.1) is 0 Å². The van der Waals surface area contributed by atoms with Crippen LogP contribution in [-0.2, 0) is 0 Å². The number of ether oxygens (including phenoxy) is 1. The maximum absolute atomic E-state index is 6.07. The first kappa shape index (κ1) is 16.4. The lowest BCUT2D eigenvalue weighted by Crippen LogP contribution is -2.27. The second kappa shape index (κ2) is 9.24. The highest BCUT2D eigenvalue weighted by molar-refractivity contribution is 5.24. The molecule has 1 aromatic rings. The van der Waals surface area contributed by atoms with E-state index in [1.54, 1.807) is 0 Å². The Kier molecular flexibility index (Phi) is 7.56. The molecule has 0 radical (unpaired) electrons. The van der Waals surface area contributed by atoms with Crippen LogP contribution in [0.5, 0.6) is 5.75 Å². The topological polar surface area (TPSA) is 12.5 Å². The van der Waals surface area contributed by atoms with E-state index in [9.17, 15) is 0 Å². The van der Waals surface area contributed by atoms with E-state index < -0.39 is 0 Å². The van der Waals surface area contributed by atoms with E-state index in [1.165, 1.54) is 5.57 Å². The molecule has 110 valence electrons. The standard InChI is InChI=1S/C18H27NO/c1-5-14-19(15-6-2)18(13-12-16(3)4)20-17-10-8-7-9-11-17/h7-13H,5-6,14-15H2,1-4H3/b18-13-. The minimum atomic E-state index is 0.887. The van der Waals surface area contributed by atoms with Crippen LogP contribution < -0.4 is 4.74 Å². The minimum absolute atomic E-state index is 0.887. The van der Waals surface area contributed by atoms with E-state index in [1.807, 2.05) is 30.3 Å². The number of allylic oxidation sites excluding steroid dienone is 3. The molecule has 0 saturated heterocycles. The van der Waals surface area contributed by atoms with Crippen LogP contribution in [0.1, 0.15) is 40.5 Å². The van der Waals surface area contributed by atoms with Crippen LogP contribution in [-0.4, -0.2) is 18.0 Å². The number of hydrogen-bond donors (Lipinski definition) is 0. The van der Waals surface area contributed by atoms with E-state index in [0.29, 0.717) is 0 Å². The molecule has 0 fully saturated rings. The van der Waals surface area contributed by atoms with Gasteiger partial charge >= 0.3 is 0 Å². The molecular weight excluding hydrogens is 246 g/mol. The summed E-state index contributed by atoms with van der Waals surface area (Å²) in [7, 11) is 0. The summed E-state index contributed by atoms with van der Waals surface area (Å²) in [4.78, 5) is 2.31. The van der Waals surface area contributed by atoms with Crippen LogP contribution in [0, 0.1) is 0 Å². The summed E-state index contributed by atoms with van der Waals surface area (Å²) in [5.41, 5.74) is 1.27. The maximum atomic E-state index is 6.07. The number of para-hydroxylation sites is 1. The van der Waals surface area contributed by atoms with Crippen LogP contribution in [0.3, 0.4) is 0 Å². The lowest BCUT2D eigenvalue weighted by Gasteiger charge is -2.26. The average Bonchev–Trinajstić information content (AvgIpc) is 2.44. The average molecular weight is 273 g/mol. The summed E-state index contributed by atoms with van der Waals surface area (Å²) >= 11 is 0. The van der Waals surface area contributed by atoms with Gasteiger partial charge in [0.25, 0.3) is 0 Å². The Bertz CT molecular complexity index is 424. The largest absolute Gasteiger partial charge is 0.441 e. The van der Waals surface area contributed by atoms with Gasteiger partial charge in [-0.05, 0) is 44.9 Å². The minimum Gasteiger partial charge on any atom is -0.441 e. The molecule has 0 amide bonds. The van der Waals surface area contributed by atoms with Crippen LogP contribution in [0.2, 0.25) is 0 Å². The smallest absolute Gasteiger partial charge is 0.195 e. The molecule has 1 rings (SSSR count). The lowest BCUT2D eigenvalue weighted by molar-refractivity contribution is 0.215. The first-order valence-corrected chi connectivity index (χ1v) is 7.50. The highest BCUT2D eigenvalue weighted by Crippen LogP contribution is 2.16. The molecule has 0 aliphatic heterocycles. The monoisotopic (exact) mass is 273 g/mol. The predicted molar refractivity (Wildman–Crippen MR) is 86.7 cm³/mol. The third kappa shape index (κ3) is 5.96. The molecule has 2 nitrogen and oxygen atoms in total. The van der Waals surface area contributed by atoms with Gasteiger partial charge in [0, 0.05) is 13.1 Å². The molecule has 0 spiro atoms. The molecular formula is C18H27NO. The molecule has 2 heteroatoms. The van der Waals surface area contributed by atoms with Gasteiger partial charge in [-0.3, -0.25) is 0 Å². The van der Waals surface area contributed by atoms with E-state index in [4.69, 9.17) is 4.74 Å². The summed E-state index contributed by atoms with van der Waals surface area (Å²) in [5, 5.41) is 0. The van der Waals surface area contributed by atoms with Crippen molar-refractivity contribution in [2.75, 3.05) is 13.1 Å². The third-order valence-electron chi connectivity index (χ3n) is 2.82. The summed E-state index contributed by atoms with van der Waals surface area (Å²) in [6.45, 7) is 10.6. The molecule has 0 atom stereocenters. The number of nitrogens with zero attached hydrogens (tertiary/aromatic N) is 1. The lowest BCUT2D eigenvalue weighted by atomic mass is 10.3. The highest BCUT2D eigenvalue weighted by Gasteiger charge is 2.09. The summed E-state index contributed by atoms with van der Waals surface area (Å²) < 4.78 is 6.07. The Morgan fingerprint density at radius 1 is 1.00 bits per heavy atom. The van der Waals surface area contributed by atoms with Crippen molar-refractivity contribution in [3.63, 3.8) is 0 Å². The van der Waals surface area contributed by atoms with Crippen molar-refractivity contribution in [3.05, 3.63) is 53.9 Å². The van der Waals surface area contributed by atoms with Crippen molar-refractivity contribution in [1.29, 1.82) is 0 Å². The first-order valence-electron chi connectivity index (χ1n) is 7.50. The number of benzene rings is 1. The number of rotatable bonds is 8. The fraction of sp³-hybridized carbons (Fsp3) is 0.444. The Morgan fingerprint density at radius 2 is 1.60 bits per heavy atom. The van der Waals surface area contributed by atoms with Crippen LogP contribution in [0.15, 0.2) is 53.9 Å². The summed E-state index contributed by atoms with van der Waals surface area (Å²) in [6, 6.07) is 9.98. The van der Waals surface area contributed by atoms with Crippen molar-refractivity contribution in [3.8, 4) is 5.75 Å². The van der Waals surface area contributed by atoms with E-state index in [2.05, 4.69) is 44.7 Å². The zero-order valence-corrected chi connectivity index (χ0v) is 13.2. The van der Waals surface area contributed by atoms with E-state index >= 15 is 0 Å². The van der Waals surface area contributed by atoms with Crippen molar-refractivity contribution >= 4 is 0 Å². The normalized spacial score (nSPS) is 11.1. The second-order valence-electron chi connectivity index (χ2n) is 5.15. The van der Waals surface area contributed by atoms with Gasteiger partial charge in [0.15, 0.2) is 5.88 Å². The molecule has 0 aromatic heterocycles. The van der Waals surface area contributed by atoms with E-state index in [0.717, 1.165) is 37.6 Å². The molecule has 0 saturated carbocycles. The second-order valence-corrected chi connectivity index (χ2v) is 5.15. The van der Waals surface area contributed by atoms with Crippen molar-refractivity contribution in [2.24, 2.45) is 0 Å². The van der Waals surface area contributed by atoms with Crippen LogP contribution in [0.4, 0.5) is 0 Å². The fourth-order valence-electron chi connectivity index (χ4n) is 1.92. The van der Waals surface area contributed by atoms with Crippen molar-refractivity contribution < 1.29 is 4.74 Å². The van der Waals surface area contributed by atoms with Crippen molar-refractivity contribution in [2.45, 2.75) is 40.5 Å². The van der Waals surface area contributed by atoms with Gasteiger partial charge in [0.1, 0.15) is 5.75 Å². The zero-order chi connectivity index (χ0) is 14.8. The van der Waals surface area contributed by atoms with Gasteiger partial charge in [0.2, 0.25) is 0 Å². The van der Waals surface area contributed by atoms with Crippen LogP contribution in [0.25, 0.3) is 0 Å². The van der Waals surface area contributed by atoms with Gasteiger partial charge in [-0.1, -0.05) is 43.7 Å².